The van der Waals surface area contributed by atoms with E-state index in [4.69, 9.17) is 4.74 Å². The van der Waals surface area contributed by atoms with Crippen LogP contribution in [-0.2, 0) is 0 Å². The number of hydrogen-bond acceptors (Lipinski definition) is 4. The molecule has 0 spiro atoms. The van der Waals surface area contributed by atoms with Crippen molar-refractivity contribution in [2.45, 2.75) is 0 Å². The Morgan fingerprint density at radius 2 is 1.88 bits per heavy atom. The normalized spacial score (nSPS) is 9.81. The SMILES string of the molecule is COc1ccc(C(=O)Nn2cnnc2)cc1. The topological polar surface area (TPSA) is 69.0 Å². The summed E-state index contributed by atoms with van der Waals surface area (Å²) in [6, 6.07) is 6.80. The highest BCUT2D eigenvalue weighted by Crippen LogP contribution is 2.11. The summed E-state index contributed by atoms with van der Waals surface area (Å²) in [6.45, 7) is 0. The van der Waals surface area contributed by atoms with Crippen molar-refractivity contribution in [2.75, 3.05) is 12.5 Å². The summed E-state index contributed by atoms with van der Waals surface area (Å²) < 4.78 is 6.38. The second kappa shape index (κ2) is 4.43. The van der Waals surface area contributed by atoms with Crippen LogP contribution in [0, 0.1) is 0 Å². The van der Waals surface area contributed by atoms with Crippen LogP contribution in [0.1, 0.15) is 10.4 Å². The molecular weight excluding hydrogens is 208 g/mol. The minimum atomic E-state index is -0.234. The minimum absolute atomic E-state index is 0.234. The monoisotopic (exact) mass is 218 g/mol. The van der Waals surface area contributed by atoms with E-state index in [9.17, 15) is 4.79 Å². The number of hydrogen-bond donors (Lipinski definition) is 1. The Morgan fingerprint density at radius 1 is 1.25 bits per heavy atom. The van der Waals surface area contributed by atoms with Gasteiger partial charge in [-0.15, -0.1) is 10.2 Å². The predicted molar refractivity (Wildman–Crippen MR) is 56.7 cm³/mol. The molecule has 0 radical (unpaired) electrons. The predicted octanol–water partition coefficient (Wildman–Crippen LogP) is 0.671. The van der Waals surface area contributed by atoms with E-state index >= 15 is 0 Å². The zero-order valence-electron chi connectivity index (χ0n) is 8.62. The fourth-order valence-electron chi connectivity index (χ4n) is 1.18. The smallest absolute Gasteiger partial charge is 0.270 e. The van der Waals surface area contributed by atoms with Crippen LogP contribution in [0.15, 0.2) is 36.9 Å². The van der Waals surface area contributed by atoms with Crippen molar-refractivity contribution in [3.8, 4) is 5.75 Å². The molecular formula is C10H10N4O2. The Balaban J connectivity index is 2.09. The maximum absolute atomic E-state index is 11.7. The van der Waals surface area contributed by atoms with E-state index < -0.39 is 0 Å². The fourth-order valence-corrected chi connectivity index (χ4v) is 1.18. The first-order chi connectivity index (χ1) is 7.79. The highest BCUT2D eigenvalue weighted by Gasteiger charge is 2.05. The van der Waals surface area contributed by atoms with Gasteiger partial charge in [0.15, 0.2) is 0 Å². The third-order valence-corrected chi connectivity index (χ3v) is 2.00. The number of nitrogens with zero attached hydrogens (tertiary/aromatic N) is 3. The number of carbonyl (C=O) groups is 1. The molecule has 0 saturated heterocycles. The molecule has 1 aromatic heterocycles. The summed E-state index contributed by atoms with van der Waals surface area (Å²) in [5, 5.41) is 7.15. The van der Waals surface area contributed by atoms with Crippen LogP contribution >= 0.6 is 0 Å². The van der Waals surface area contributed by atoms with Crippen molar-refractivity contribution in [1.29, 1.82) is 0 Å². The summed E-state index contributed by atoms with van der Waals surface area (Å²) in [5.41, 5.74) is 3.12. The molecule has 1 heterocycles. The second-order valence-electron chi connectivity index (χ2n) is 3.04. The second-order valence-corrected chi connectivity index (χ2v) is 3.04. The molecule has 0 atom stereocenters. The third kappa shape index (κ3) is 2.17. The van der Waals surface area contributed by atoms with E-state index in [0.29, 0.717) is 11.3 Å². The van der Waals surface area contributed by atoms with Crippen molar-refractivity contribution in [3.05, 3.63) is 42.5 Å². The lowest BCUT2D eigenvalue weighted by Gasteiger charge is -2.05. The highest BCUT2D eigenvalue weighted by atomic mass is 16.5. The maximum Gasteiger partial charge on any atom is 0.270 e. The number of carbonyl (C=O) groups excluding carboxylic acids is 1. The van der Waals surface area contributed by atoms with Crippen LogP contribution in [-0.4, -0.2) is 27.9 Å². The van der Waals surface area contributed by atoms with Crippen LogP contribution in [0.4, 0.5) is 0 Å². The van der Waals surface area contributed by atoms with E-state index in [1.54, 1.807) is 31.4 Å². The van der Waals surface area contributed by atoms with Gasteiger partial charge >= 0.3 is 0 Å². The van der Waals surface area contributed by atoms with Gasteiger partial charge < -0.3 is 4.74 Å². The quantitative estimate of drug-likeness (QED) is 0.822. The molecule has 2 rings (SSSR count). The van der Waals surface area contributed by atoms with Crippen LogP contribution in [0.5, 0.6) is 5.75 Å². The lowest BCUT2D eigenvalue weighted by atomic mass is 10.2. The summed E-state index contributed by atoms with van der Waals surface area (Å²) in [7, 11) is 1.58. The van der Waals surface area contributed by atoms with E-state index in [1.165, 1.54) is 17.3 Å². The zero-order chi connectivity index (χ0) is 11.4. The first kappa shape index (κ1) is 10.2. The minimum Gasteiger partial charge on any atom is -0.497 e. The standard InChI is InChI=1S/C10H10N4O2/c1-16-9-4-2-8(3-5-9)10(15)13-14-6-11-12-7-14/h2-7H,1H3,(H,13,15). The average molecular weight is 218 g/mol. The number of aromatic nitrogens is 3. The molecule has 0 saturated carbocycles. The van der Waals surface area contributed by atoms with Gasteiger partial charge in [-0.1, -0.05) is 0 Å². The van der Waals surface area contributed by atoms with Crippen molar-refractivity contribution in [3.63, 3.8) is 0 Å². The zero-order valence-corrected chi connectivity index (χ0v) is 8.62. The van der Waals surface area contributed by atoms with Crippen molar-refractivity contribution >= 4 is 5.91 Å². The molecule has 82 valence electrons. The van der Waals surface area contributed by atoms with Gasteiger partial charge in [0.2, 0.25) is 0 Å². The molecule has 0 fully saturated rings. The third-order valence-electron chi connectivity index (χ3n) is 2.00. The number of ether oxygens (including phenoxy) is 1. The van der Waals surface area contributed by atoms with Gasteiger partial charge in [-0.25, -0.2) is 4.68 Å². The summed E-state index contributed by atoms with van der Waals surface area (Å²) in [6.07, 6.45) is 2.81. The molecule has 6 heteroatoms. The molecule has 0 bridgehead atoms. The number of methoxy groups -OCH3 is 1. The molecule has 1 amide bonds. The molecule has 0 aliphatic rings. The number of benzene rings is 1. The number of rotatable bonds is 3. The van der Waals surface area contributed by atoms with Crippen molar-refractivity contribution in [2.24, 2.45) is 0 Å². The van der Waals surface area contributed by atoms with E-state index in [2.05, 4.69) is 15.6 Å². The van der Waals surface area contributed by atoms with E-state index in [-0.39, 0.29) is 5.91 Å². The Bertz CT molecular complexity index is 464. The summed E-state index contributed by atoms with van der Waals surface area (Å²) in [4.78, 5) is 11.7. The first-order valence-corrected chi connectivity index (χ1v) is 4.59. The lowest BCUT2D eigenvalue weighted by molar-refractivity contribution is 0.101. The molecule has 1 N–H and O–H groups in total. The van der Waals surface area contributed by atoms with Gasteiger partial charge in [-0.3, -0.25) is 10.2 Å². The Kier molecular flexibility index (Phi) is 2.81. The van der Waals surface area contributed by atoms with Gasteiger partial charge in [0, 0.05) is 5.56 Å². The molecule has 0 unspecified atom stereocenters. The van der Waals surface area contributed by atoms with Crippen LogP contribution in [0.3, 0.4) is 0 Å². The Labute approximate surface area is 91.8 Å². The van der Waals surface area contributed by atoms with Crippen LogP contribution in [0.25, 0.3) is 0 Å². The molecule has 2 aromatic rings. The number of nitrogens with one attached hydrogen (secondary N) is 1. The summed E-state index contributed by atoms with van der Waals surface area (Å²) >= 11 is 0. The Morgan fingerprint density at radius 3 is 2.44 bits per heavy atom. The molecule has 16 heavy (non-hydrogen) atoms. The highest BCUT2D eigenvalue weighted by molar-refractivity contribution is 5.99. The Hall–Kier alpha value is -2.37. The van der Waals surface area contributed by atoms with Gasteiger partial charge in [-0.2, -0.15) is 0 Å². The van der Waals surface area contributed by atoms with Gasteiger partial charge in [0.05, 0.1) is 7.11 Å². The van der Waals surface area contributed by atoms with Gasteiger partial charge in [0.25, 0.3) is 5.91 Å². The van der Waals surface area contributed by atoms with Gasteiger partial charge in [0.1, 0.15) is 18.4 Å². The van der Waals surface area contributed by atoms with E-state index in [0.717, 1.165) is 0 Å². The molecule has 0 aliphatic heterocycles. The first-order valence-electron chi connectivity index (χ1n) is 4.59. The number of amides is 1. The molecule has 1 aromatic carbocycles. The molecule has 0 aliphatic carbocycles. The molecule has 6 nitrogen and oxygen atoms in total. The maximum atomic E-state index is 11.7. The lowest BCUT2D eigenvalue weighted by Crippen LogP contribution is -2.21. The van der Waals surface area contributed by atoms with Crippen LogP contribution < -0.4 is 10.2 Å². The van der Waals surface area contributed by atoms with Crippen molar-refractivity contribution in [1.82, 2.24) is 14.9 Å². The van der Waals surface area contributed by atoms with E-state index in [1.807, 2.05) is 0 Å². The largest absolute Gasteiger partial charge is 0.497 e. The summed E-state index contributed by atoms with van der Waals surface area (Å²) in [5.74, 6) is 0.475. The van der Waals surface area contributed by atoms with Gasteiger partial charge in [-0.05, 0) is 24.3 Å². The van der Waals surface area contributed by atoms with Crippen LogP contribution in [0.2, 0.25) is 0 Å². The average Bonchev–Trinajstić information content (AvgIpc) is 2.82. The fraction of sp³-hybridized carbons (Fsp3) is 0.100. The van der Waals surface area contributed by atoms with Crippen molar-refractivity contribution < 1.29 is 9.53 Å².